The second-order valence-electron chi connectivity index (χ2n) is 3.08. The fourth-order valence-corrected chi connectivity index (χ4v) is 1.31. The van der Waals surface area contributed by atoms with Gasteiger partial charge in [0.1, 0.15) is 0 Å². The lowest BCUT2D eigenvalue weighted by atomic mass is 10.2. The number of carbonyl (C=O) groups is 1. The van der Waals surface area contributed by atoms with E-state index < -0.39 is 12.1 Å². The molecule has 0 aliphatic heterocycles. The van der Waals surface area contributed by atoms with Gasteiger partial charge in [0.15, 0.2) is 6.10 Å². The SMILES string of the molecule is CCOC(=O)[C@@H](O)/C=C/c1ccccc1Cl. The van der Waals surface area contributed by atoms with Crippen molar-refractivity contribution in [3.63, 3.8) is 0 Å². The van der Waals surface area contributed by atoms with Gasteiger partial charge in [-0.1, -0.05) is 35.9 Å². The minimum atomic E-state index is -1.25. The van der Waals surface area contributed by atoms with Gasteiger partial charge in [-0.05, 0) is 24.6 Å². The number of hydrogen-bond donors (Lipinski definition) is 1. The van der Waals surface area contributed by atoms with Crippen molar-refractivity contribution in [2.45, 2.75) is 13.0 Å². The monoisotopic (exact) mass is 240 g/mol. The molecule has 0 radical (unpaired) electrons. The second kappa shape index (κ2) is 6.30. The third-order valence-electron chi connectivity index (χ3n) is 1.89. The number of halogens is 1. The largest absolute Gasteiger partial charge is 0.464 e. The number of aliphatic hydroxyl groups is 1. The minimum absolute atomic E-state index is 0.246. The van der Waals surface area contributed by atoms with Crippen LogP contribution in [-0.4, -0.2) is 23.8 Å². The molecule has 0 bridgehead atoms. The number of hydrogen-bond acceptors (Lipinski definition) is 3. The first-order valence-corrected chi connectivity index (χ1v) is 5.30. The van der Waals surface area contributed by atoms with E-state index in [2.05, 4.69) is 4.74 Å². The van der Waals surface area contributed by atoms with Crippen LogP contribution in [0.15, 0.2) is 30.3 Å². The smallest absolute Gasteiger partial charge is 0.339 e. The molecule has 0 aliphatic rings. The van der Waals surface area contributed by atoms with Crippen LogP contribution in [-0.2, 0) is 9.53 Å². The highest BCUT2D eigenvalue weighted by molar-refractivity contribution is 6.32. The quantitative estimate of drug-likeness (QED) is 0.822. The number of rotatable bonds is 4. The minimum Gasteiger partial charge on any atom is -0.464 e. The molecule has 1 N–H and O–H groups in total. The Kier molecular flexibility index (Phi) is 5.02. The Morgan fingerprint density at radius 3 is 2.88 bits per heavy atom. The van der Waals surface area contributed by atoms with Gasteiger partial charge >= 0.3 is 5.97 Å². The zero-order valence-corrected chi connectivity index (χ0v) is 9.65. The van der Waals surface area contributed by atoms with Gasteiger partial charge in [0, 0.05) is 5.02 Å². The molecule has 0 fully saturated rings. The van der Waals surface area contributed by atoms with Gasteiger partial charge in [-0.25, -0.2) is 4.79 Å². The molecular weight excluding hydrogens is 228 g/mol. The van der Waals surface area contributed by atoms with Gasteiger partial charge in [0.05, 0.1) is 6.61 Å². The number of ether oxygens (including phenoxy) is 1. The molecule has 1 aromatic carbocycles. The summed E-state index contributed by atoms with van der Waals surface area (Å²) in [6.45, 7) is 1.93. The summed E-state index contributed by atoms with van der Waals surface area (Å²) in [4.78, 5) is 11.1. The zero-order chi connectivity index (χ0) is 12.0. The maximum atomic E-state index is 11.1. The second-order valence-corrected chi connectivity index (χ2v) is 3.48. The van der Waals surface area contributed by atoms with Crippen molar-refractivity contribution in [2.24, 2.45) is 0 Å². The third kappa shape index (κ3) is 3.68. The molecule has 86 valence electrons. The summed E-state index contributed by atoms with van der Waals surface area (Å²) >= 11 is 5.90. The molecule has 0 amide bonds. The van der Waals surface area contributed by atoms with Crippen LogP contribution in [0, 0.1) is 0 Å². The van der Waals surface area contributed by atoms with Gasteiger partial charge in [0.25, 0.3) is 0 Å². The molecule has 0 aromatic heterocycles. The van der Waals surface area contributed by atoms with Gasteiger partial charge < -0.3 is 9.84 Å². The van der Waals surface area contributed by atoms with E-state index in [0.717, 1.165) is 5.56 Å². The summed E-state index contributed by atoms with van der Waals surface area (Å²) in [6.07, 6.45) is 1.68. The van der Waals surface area contributed by atoms with E-state index in [0.29, 0.717) is 5.02 Å². The first kappa shape index (κ1) is 12.7. The molecule has 1 aromatic rings. The number of aliphatic hydroxyl groups excluding tert-OH is 1. The van der Waals surface area contributed by atoms with Crippen molar-refractivity contribution in [2.75, 3.05) is 6.61 Å². The van der Waals surface area contributed by atoms with E-state index in [-0.39, 0.29) is 6.61 Å². The Morgan fingerprint density at radius 1 is 1.56 bits per heavy atom. The molecule has 0 spiro atoms. The Morgan fingerprint density at radius 2 is 2.25 bits per heavy atom. The van der Waals surface area contributed by atoms with Crippen LogP contribution in [0.5, 0.6) is 0 Å². The van der Waals surface area contributed by atoms with E-state index in [4.69, 9.17) is 11.6 Å². The summed E-state index contributed by atoms with van der Waals surface area (Å²) in [5.41, 5.74) is 0.743. The highest BCUT2D eigenvalue weighted by Gasteiger charge is 2.11. The van der Waals surface area contributed by atoms with Crippen LogP contribution in [0.4, 0.5) is 0 Å². The first-order chi connectivity index (χ1) is 7.65. The zero-order valence-electron chi connectivity index (χ0n) is 8.89. The lowest BCUT2D eigenvalue weighted by Gasteiger charge is -2.04. The van der Waals surface area contributed by atoms with E-state index in [1.165, 1.54) is 6.08 Å². The Bertz CT molecular complexity index is 388. The predicted molar refractivity (Wildman–Crippen MR) is 63.1 cm³/mol. The Labute approximate surface area is 99.3 Å². The topological polar surface area (TPSA) is 46.5 Å². The summed E-state index contributed by atoms with van der Waals surface area (Å²) < 4.78 is 4.65. The van der Waals surface area contributed by atoms with Gasteiger partial charge in [-0.2, -0.15) is 0 Å². The van der Waals surface area contributed by atoms with Crippen molar-refractivity contribution in [3.8, 4) is 0 Å². The predicted octanol–water partition coefficient (Wildman–Crippen LogP) is 2.28. The summed E-state index contributed by atoms with van der Waals surface area (Å²) in [5, 5.41) is 9.96. The van der Waals surface area contributed by atoms with Crippen molar-refractivity contribution < 1.29 is 14.6 Å². The Hall–Kier alpha value is -1.32. The van der Waals surface area contributed by atoms with E-state index in [1.807, 2.05) is 6.07 Å². The molecule has 1 rings (SSSR count). The van der Waals surface area contributed by atoms with Crippen LogP contribution >= 0.6 is 11.6 Å². The van der Waals surface area contributed by atoms with Crippen molar-refractivity contribution in [1.82, 2.24) is 0 Å². The highest BCUT2D eigenvalue weighted by Crippen LogP contribution is 2.16. The lowest BCUT2D eigenvalue weighted by Crippen LogP contribution is -2.20. The summed E-state index contributed by atoms with van der Waals surface area (Å²) in [7, 11) is 0. The van der Waals surface area contributed by atoms with Gasteiger partial charge in [-0.3, -0.25) is 0 Å². The molecule has 4 heteroatoms. The molecule has 3 nitrogen and oxygen atoms in total. The fourth-order valence-electron chi connectivity index (χ4n) is 1.11. The molecule has 16 heavy (non-hydrogen) atoms. The first-order valence-electron chi connectivity index (χ1n) is 4.92. The maximum absolute atomic E-state index is 11.1. The van der Waals surface area contributed by atoms with Crippen molar-refractivity contribution in [1.29, 1.82) is 0 Å². The van der Waals surface area contributed by atoms with E-state index in [9.17, 15) is 9.90 Å². The van der Waals surface area contributed by atoms with E-state index >= 15 is 0 Å². The van der Waals surface area contributed by atoms with Crippen LogP contribution in [0.2, 0.25) is 5.02 Å². The van der Waals surface area contributed by atoms with Crippen LogP contribution in [0.3, 0.4) is 0 Å². The third-order valence-corrected chi connectivity index (χ3v) is 2.24. The normalized spacial score (nSPS) is 12.7. The molecular formula is C12H13ClO3. The van der Waals surface area contributed by atoms with Crippen molar-refractivity contribution in [3.05, 3.63) is 40.9 Å². The molecule has 0 aliphatic carbocycles. The molecule has 0 saturated heterocycles. The van der Waals surface area contributed by atoms with E-state index in [1.54, 1.807) is 31.2 Å². The van der Waals surface area contributed by atoms with Crippen molar-refractivity contribution >= 4 is 23.6 Å². The summed E-state index contributed by atoms with van der Waals surface area (Å²) in [6, 6.07) is 7.15. The molecule has 0 saturated carbocycles. The lowest BCUT2D eigenvalue weighted by molar-refractivity contribution is -0.150. The highest BCUT2D eigenvalue weighted by atomic mass is 35.5. The fraction of sp³-hybridized carbons (Fsp3) is 0.250. The molecule has 0 unspecified atom stereocenters. The molecule has 1 atom stereocenters. The number of carbonyl (C=O) groups excluding carboxylic acids is 1. The van der Waals surface area contributed by atoms with Crippen LogP contribution in [0.1, 0.15) is 12.5 Å². The maximum Gasteiger partial charge on any atom is 0.339 e. The average Bonchev–Trinajstić information content (AvgIpc) is 2.28. The average molecular weight is 241 g/mol. The standard InChI is InChI=1S/C12H13ClO3/c1-2-16-12(15)11(14)8-7-9-5-3-4-6-10(9)13/h3-8,11,14H,2H2,1H3/b8-7+/t11-/m0/s1. The van der Waals surface area contributed by atoms with Gasteiger partial charge in [-0.15, -0.1) is 0 Å². The van der Waals surface area contributed by atoms with Crippen LogP contribution in [0.25, 0.3) is 6.08 Å². The number of esters is 1. The number of benzene rings is 1. The summed E-state index contributed by atoms with van der Waals surface area (Å²) in [5.74, 6) is -0.661. The Balaban J connectivity index is 2.67. The van der Waals surface area contributed by atoms with Gasteiger partial charge in [0.2, 0.25) is 0 Å². The van der Waals surface area contributed by atoms with Crippen LogP contribution < -0.4 is 0 Å². The molecule has 0 heterocycles.